The first kappa shape index (κ1) is 23.4. The Balaban J connectivity index is 3.65. The molecule has 138 valence electrons. The van der Waals surface area contributed by atoms with E-state index in [0.717, 1.165) is 19.3 Å². The number of rotatable bonds is 15. The second-order valence-corrected chi connectivity index (χ2v) is 7.59. The molecule has 0 spiro atoms. The lowest BCUT2D eigenvalue weighted by atomic mass is 10.1. The summed E-state index contributed by atoms with van der Waals surface area (Å²) >= 11 is 2.24. The van der Waals surface area contributed by atoms with Gasteiger partial charge in [0.25, 0.3) is 0 Å². The monoisotopic (exact) mass is 448 g/mol. The van der Waals surface area contributed by atoms with Gasteiger partial charge in [-0.2, -0.15) is 0 Å². The number of carbonyl (C=O) groups is 1. The molecule has 0 aromatic rings. The zero-order chi connectivity index (χ0) is 18.0. The first-order valence-electron chi connectivity index (χ1n) is 9.06. The third-order valence-corrected chi connectivity index (χ3v) is 5.03. The van der Waals surface area contributed by atoms with Gasteiger partial charge in [0.15, 0.2) is 0 Å². The van der Waals surface area contributed by atoms with Gasteiger partial charge in [0.05, 0.1) is 6.10 Å². The molecule has 0 aromatic carbocycles. The molecule has 0 aromatic heterocycles. The van der Waals surface area contributed by atoms with Crippen LogP contribution < -0.4 is 0 Å². The lowest BCUT2D eigenvalue weighted by Crippen LogP contribution is -2.19. The smallest absolute Gasteiger partial charge is 0.303 e. The van der Waals surface area contributed by atoms with Crippen LogP contribution in [0.2, 0.25) is 0 Å². The molecule has 0 saturated carbocycles. The number of carboxylic acids is 1. The summed E-state index contributed by atoms with van der Waals surface area (Å²) in [5, 5.41) is 18.5. The van der Waals surface area contributed by atoms with Gasteiger partial charge < -0.3 is 10.2 Å². The number of allylic oxidation sites excluding steroid dienone is 6. The van der Waals surface area contributed by atoms with Gasteiger partial charge in [0, 0.05) is 10.3 Å². The number of halogens is 1. The van der Waals surface area contributed by atoms with Gasteiger partial charge in [0.1, 0.15) is 0 Å². The Morgan fingerprint density at radius 1 is 1.00 bits per heavy atom. The molecule has 0 aliphatic heterocycles. The first-order valence-corrected chi connectivity index (χ1v) is 10.3. The molecule has 0 saturated heterocycles. The summed E-state index contributed by atoms with van der Waals surface area (Å²) in [5.74, 6) is -0.797. The molecule has 0 bridgehead atoms. The maximum Gasteiger partial charge on any atom is 0.303 e. The average molecular weight is 448 g/mol. The summed E-state index contributed by atoms with van der Waals surface area (Å²) in [6, 6.07) is 0. The van der Waals surface area contributed by atoms with E-state index in [1.165, 1.54) is 25.7 Å². The Morgan fingerprint density at radius 2 is 1.62 bits per heavy atom. The fraction of sp³-hybridized carbons (Fsp3) is 0.650. The average Bonchev–Trinajstić information content (AvgIpc) is 2.55. The number of hydrogen-bond acceptors (Lipinski definition) is 2. The molecule has 0 radical (unpaired) electrons. The van der Waals surface area contributed by atoms with Gasteiger partial charge in [0.2, 0.25) is 0 Å². The SMILES string of the molecule is CCCCC/C=C/C/C=C/C/C=C/CC(I)C(O)CCCC(=O)O. The van der Waals surface area contributed by atoms with E-state index >= 15 is 0 Å². The molecule has 0 aliphatic rings. The fourth-order valence-corrected chi connectivity index (χ4v) is 2.85. The topological polar surface area (TPSA) is 57.5 Å². The van der Waals surface area contributed by atoms with Crippen LogP contribution in [-0.2, 0) is 4.79 Å². The van der Waals surface area contributed by atoms with Crippen molar-refractivity contribution in [1.82, 2.24) is 0 Å². The zero-order valence-electron chi connectivity index (χ0n) is 14.9. The lowest BCUT2D eigenvalue weighted by Gasteiger charge is -2.15. The summed E-state index contributed by atoms with van der Waals surface area (Å²) < 4.78 is 0.141. The van der Waals surface area contributed by atoms with E-state index in [2.05, 4.69) is 66.0 Å². The highest BCUT2D eigenvalue weighted by Crippen LogP contribution is 2.17. The maximum absolute atomic E-state index is 10.4. The van der Waals surface area contributed by atoms with Gasteiger partial charge in [-0.3, -0.25) is 4.79 Å². The van der Waals surface area contributed by atoms with Crippen LogP contribution in [0.3, 0.4) is 0 Å². The summed E-state index contributed by atoms with van der Waals surface area (Å²) in [7, 11) is 0. The number of aliphatic carboxylic acids is 1. The summed E-state index contributed by atoms with van der Waals surface area (Å²) in [4.78, 5) is 10.4. The Bertz CT molecular complexity index is 388. The molecule has 3 nitrogen and oxygen atoms in total. The molecule has 0 heterocycles. The summed E-state index contributed by atoms with van der Waals surface area (Å²) in [6.45, 7) is 2.22. The fourth-order valence-electron chi connectivity index (χ4n) is 2.20. The molecule has 0 aliphatic carbocycles. The highest BCUT2D eigenvalue weighted by molar-refractivity contribution is 14.1. The van der Waals surface area contributed by atoms with Crippen LogP contribution in [0.15, 0.2) is 36.5 Å². The predicted molar refractivity (Wildman–Crippen MR) is 111 cm³/mol. The van der Waals surface area contributed by atoms with Gasteiger partial charge in [-0.25, -0.2) is 0 Å². The van der Waals surface area contributed by atoms with Crippen molar-refractivity contribution in [3.63, 3.8) is 0 Å². The number of aliphatic hydroxyl groups is 1. The molecule has 2 unspecified atom stereocenters. The Hall–Kier alpha value is -0.620. The van der Waals surface area contributed by atoms with Crippen LogP contribution >= 0.6 is 22.6 Å². The van der Waals surface area contributed by atoms with Gasteiger partial charge in [-0.05, 0) is 44.9 Å². The number of carboxylic acid groups (broad SMARTS) is 1. The largest absolute Gasteiger partial charge is 0.481 e. The van der Waals surface area contributed by atoms with E-state index in [9.17, 15) is 9.90 Å². The quantitative estimate of drug-likeness (QED) is 0.144. The Kier molecular flexibility index (Phi) is 16.8. The van der Waals surface area contributed by atoms with E-state index in [1.54, 1.807) is 0 Å². The summed E-state index contributed by atoms with van der Waals surface area (Å²) in [5.41, 5.74) is 0. The normalized spacial score (nSPS) is 14.8. The van der Waals surface area contributed by atoms with E-state index in [1.807, 2.05) is 0 Å². The molecule has 0 amide bonds. The second kappa shape index (κ2) is 17.2. The third-order valence-electron chi connectivity index (χ3n) is 3.69. The molecular formula is C20H33IO3. The van der Waals surface area contributed by atoms with E-state index in [-0.39, 0.29) is 10.3 Å². The van der Waals surface area contributed by atoms with Crippen LogP contribution in [0.25, 0.3) is 0 Å². The van der Waals surface area contributed by atoms with Crippen LogP contribution in [0.1, 0.15) is 71.1 Å². The van der Waals surface area contributed by atoms with Crippen LogP contribution in [0.4, 0.5) is 0 Å². The van der Waals surface area contributed by atoms with E-state index in [4.69, 9.17) is 5.11 Å². The molecule has 2 atom stereocenters. The highest BCUT2D eigenvalue weighted by atomic mass is 127. The first-order chi connectivity index (χ1) is 11.6. The van der Waals surface area contributed by atoms with Gasteiger partial charge in [-0.1, -0.05) is 78.8 Å². The zero-order valence-corrected chi connectivity index (χ0v) is 17.0. The molecule has 0 rings (SSSR count). The minimum Gasteiger partial charge on any atom is -0.481 e. The van der Waals surface area contributed by atoms with Gasteiger partial charge >= 0.3 is 5.97 Å². The van der Waals surface area contributed by atoms with Crippen LogP contribution in [0.5, 0.6) is 0 Å². The van der Waals surface area contributed by atoms with E-state index < -0.39 is 12.1 Å². The molecule has 24 heavy (non-hydrogen) atoms. The van der Waals surface area contributed by atoms with E-state index in [0.29, 0.717) is 12.8 Å². The molecule has 4 heteroatoms. The number of aliphatic hydroxyl groups excluding tert-OH is 1. The minimum absolute atomic E-state index is 0.133. The number of alkyl halides is 1. The van der Waals surface area contributed by atoms with Crippen molar-refractivity contribution in [1.29, 1.82) is 0 Å². The van der Waals surface area contributed by atoms with Crippen molar-refractivity contribution in [2.45, 2.75) is 81.2 Å². The number of unbranched alkanes of at least 4 members (excludes halogenated alkanes) is 3. The van der Waals surface area contributed by atoms with Gasteiger partial charge in [-0.15, -0.1) is 0 Å². The summed E-state index contributed by atoms with van der Waals surface area (Å²) in [6.07, 6.45) is 21.7. The third kappa shape index (κ3) is 16.2. The Morgan fingerprint density at radius 3 is 2.25 bits per heavy atom. The molecular weight excluding hydrogens is 415 g/mol. The number of hydrogen-bond donors (Lipinski definition) is 2. The van der Waals surface area contributed by atoms with Crippen molar-refractivity contribution < 1.29 is 15.0 Å². The molecule has 2 N–H and O–H groups in total. The van der Waals surface area contributed by atoms with Crippen molar-refractivity contribution in [3.05, 3.63) is 36.5 Å². The standard InChI is InChI=1S/C20H33IO3/c1-2-3-4-5-6-7-8-9-10-11-12-13-15-18(21)19(22)16-14-17-20(23)24/h6-7,9-10,12-13,18-19,22H,2-5,8,11,14-17H2,1H3,(H,23,24)/b7-6+,10-9+,13-12+. The van der Waals surface area contributed by atoms with Crippen molar-refractivity contribution >= 4 is 28.6 Å². The molecule has 0 fully saturated rings. The maximum atomic E-state index is 10.4. The highest BCUT2D eigenvalue weighted by Gasteiger charge is 2.14. The Labute approximate surface area is 161 Å². The van der Waals surface area contributed by atoms with Crippen LogP contribution in [0, 0.1) is 0 Å². The second-order valence-electron chi connectivity index (χ2n) is 5.99. The van der Waals surface area contributed by atoms with Crippen molar-refractivity contribution in [2.24, 2.45) is 0 Å². The van der Waals surface area contributed by atoms with Crippen LogP contribution in [-0.4, -0.2) is 26.2 Å². The van der Waals surface area contributed by atoms with Crippen molar-refractivity contribution in [3.8, 4) is 0 Å². The minimum atomic E-state index is -0.797. The predicted octanol–water partition coefficient (Wildman–Crippen LogP) is 5.83. The lowest BCUT2D eigenvalue weighted by molar-refractivity contribution is -0.137. The van der Waals surface area contributed by atoms with Crippen molar-refractivity contribution in [2.75, 3.05) is 0 Å².